The van der Waals surface area contributed by atoms with Crippen molar-refractivity contribution in [3.8, 4) is 11.1 Å². The Morgan fingerprint density at radius 1 is 1.10 bits per heavy atom. The fraction of sp³-hybridized carbons (Fsp3) is 0.375. The van der Waals surface area contributed by atoms with Gasteiger partial charge < -0.3 is 0 Å². The van der Waals surface area contributed by atoms with Crippen LogP contribution in [0.25, 0.3) is 11.1 Å². The summed E-state index contributed by atoms with van der Waals surface area (Å²) in [6, 6.07) is 10.0. The zero-order chi connectivity index (χ0) is 15.5. The first kappa shape index (κ1) is 16.2. The number of rotatable bonds is 6. The average Bonchev–Trinajstić information content (AvgIpc) is 2.99. The lowest BCUT2D eigenvalue weighted by Gasteiger charge is -2.19. The molecule has 1 aromatic heterocycles. The zero-order valence-electron chi connectivity index (χ0n) is 12.5. The summed E-state index contributed by atoms with van der Waals surface area (Å²) in [4.78, 5) is 0. The molecular weight excluding hydrogens is 302 g/mol. The van der Waals surface area contributed by atoms with Crippen molar-refractivity contribution < 1.29 is 8.42 Å². The normalized spacial score (nSPS) is 13.5. The highest BCUT2D eigenvalue weighted by atomic mass is 32.2. The molecule has 2 rings (SSSR count). The van der Waals surface area contributed by atoms with Crippen molar-refractivity contribution in [3.63, 3.8) is 0 Å². The Balaban J connectivity index is 2.20. The van der Waals surface area contributed by atoms with Crippen LogP contribution in [0.1, 0.15) is 38.8 Å². The summed E-state index contributed by atoms with van der Waals surface area (Å²) in [6.45, 7) is 5.36. The third kappa shape index (κ3) is 3.93. The molecule has 5 heteroatoms. The maximum Gasteiger partial charge on any atom is 0.214 e. The van der Waals surface area contributed by atoms with Gasteiger partial charge in [-0.3, -0.25) is 0 Å². The topological polar surface area (TPSA) is 46.2 Å². The molecule has 3 nitrogen and oxygen atoms in total. The second-order valence-electron chi connectivity index (χ2n) is 5.31. The molecule has 0 bridgehead atoms. The van der Waals surface area contributed by atoms with Crippen LogP contribution in [-0.2, 0) is 10.0 Å². The van der Waals surface area contributed by atoms with E-state index < -0.39 is 15.3 Å². The van der Waals surface area contributed by atoms with Gasteiger partial charge in [0, 0.05) is 6.04 Å². The molecule has 0 spiro atoms. The third-order valence-corrected chi connectivity index (χ3v) is 6.04. The monoisotopic (exact) mass is 323 g/mol. The molecule has 0 fully saturated rings. The van der Waals surface area contributed by atoms with Crippen molar-refractivity contribution in [1.29, 1.82) is 0 Å². The Morgan fingerprint density at radius 2 is 1.76 bits per heavy atom. The van der Waals surface area contributed by atoms with Crippen LogP contribution in [0.5, 0.6) is 0 Å². The summed E-state index contributed by atoms with van der Waals surface area (Å²) in [7, 11) is -3.26. The minimum absolute atomic E-state index is 0.172. The molecule has 1 N–H and O–H groups in total. The van der Waals surface area contributed by atoms with Crippen LogP contribution >= 0.6 is 11.3 Å². The Labute approximate surface area is 131 Å². The van der Waals surface area contributed by atoms with Gasteiger partial charge in [0.25, 0.3) is 0 Å². The van der Waals surface area contributed by atoms with Gasteiger partial charge in [-0.15, -0.1) is 0 Å². The average molecular weight is 323 g/mol. The number of nitrogens with one attached hydrogen (secondary N) is 1. The lowest BCUT2D eigenvalue weighted by Crippen LogP contribution is -2.33. The predicted octanol–water partition coefficient (Wildman–Crippen LogP) is 4.19. The summed E-state index contributed by atoms with van der Waals surface area (Å²) < 4.78 is 26.8. The Morgan fingerprint density at radius 3 is 2.24 bits per heavy atom. The van der Waals surface area contributed by atoms with E-state index in [-0.39, 0.29) is 6.04 Å². The number of hydrogen-bond acceptors (Lipinski definition) is 3. The van der Waals surface area contributed by atoms with Gasteiger partial charge in [-0.1, -0.05) is 31.2 Å². The summed E-state index contributed by atoms with van der Waals surface area (Å²) in [5.74, 6) is 0. The van der Waals surface area contributed by atoms with Crippen molar-refractivity contribution >= 4 is 21.4 Å². The summed E-state index contributed by atoms with van der Waals surface area (Å²) >= 11 is 1.67. The molecule has 2 aromatic rings. The van der Waals surface area contributed by atoms with Gasteiger partial charge in [-0.25, -0.2) is 13.1 Å². The van der Waals surface area contributed by atoms with E-state index in [0.717, 1.165) is 17.5 Å². The Bertz CT molecular complexity index is 659. The van der Waals surface area contributed by atoms with Crippen LogP contribution in [0, 0.1) is 0 Å². The van der Waals surface area contributed by atoms with Crippen molar-refractivity contribution in [2.45, 2.75) is 38.5 Å². The molecule has 0 radical (unpaired) electrons. The van der Waals surface area contributed by atoms with Gasteiger partial charge in [-0.2, -0.15) is 11.3 Å². The molecule has 21 heavy (non-hydrogen) atoms. The van der Waals surface area contributed by atoms with E-state index >= 15 is 0 Å². The van der Waals surface area contributed by atoms with E-state index in [0.29, 0.717) is 0 Å². The quantitative estimate of drug-likeness (QED) is 0.866. The van der Waals surface area contributed by atoms with Gasteiger partial charge in [0.15, 0.2) is 0 Å². The van der Waals surface area contributed by atoms with Gasteiger partial charge >= 0.3 is 0 Å². The first-order valence-corrected chi connectivity index (χ1v) is 9.56. The second kappa shape index (κ2) is 6.73. The van der Waals surface area contributed by atoms with E-state index in [1.54, 1.807) is 25.2 Å². The van der Waals surface area contributed by atoms with Crippen molar-refractivity contribution in [3.05, 3.63) is 46.7 Å². The number of hydrogen-bond donors (Lipinski definition) is 1. The van der Waals surface area contributed by atoms with Gasteiger partial charge in [-0.05, 0) is 53.8 Å². The highest BCUT2D eigenvalue weighted by molar-refractivity contribution is 7.90. The predicted molar refractivity (Wildman–Crippen MR) is 90.0 cm³/mol. The van der Waals surface area contributed by atoms with Gasteiger partial charge in [0.1, 0.15) is 0 Å². The van der Waals surface area contributed by atoms with E-state index in [2.05, 4.69) is 21.5 Å². The number of benzene rings is 1. The lowest BCUT2D eigenvalue weighted by molar-refractivity contribution is 0.542. The van der Waals surface area contributed by atoms with E-state index in [4.69, 9.17) is 0 Å². The fourth-order valence-corrected chi connectivity index (χ4v) is 3.69. The molecular formula is C16H21NO2S2. The Kier molecular flexibility index (Phi) is 5.19. The van der Waals surface area contributed by atoms with Crippen LogP contribution in [0.4, 0.5) is 0 Å². The largest absolute Gasteiger partial charge is 0.214 e. The molecule has 1 atom stereocenters. The van der Waals surface area contributed by atoms with Crippen LogP contribution in [0.2, 0.25) is 0 Å². The van der Waals surface area contributed by atoms with E-state index in [1.165, 1.54) is 5.56 Å². The summed E-state index contributed by atoms with van der Waals surface area (Å²) in [5, 5.41) is 3.74. The van der Waals surface area contributed by atoms with Crippen molar-refractivity contribution in [2.24, 2.45) is 0 Å². The van der Waals surface area contributed by atoms with Crippen LogP contribution < -0.4 is 4.72 Å². The smallest absolute Gasteiger partial charge is 0.212 e. The standard InChI is InChI=1S/C16H21NO2S2/c1-4-16(17-21(18,19)12(2)3)14-7-5-13(6-8-14)15-9-10-20-11-15/h5-12,16-17H,4H2,1-3H3. The van der Waals surface area contributed by atoms with Gasteiger partial charge in [0.2, 0.25) is 10.0 Å². The lowest BCUT2D eigenvalue weighted by atomic mass is 10.0. The molecule has 0 saturated carbocycles. The number of sulfonamides is 1. The van der Waals surface area contributed by atoms with E-state index in [9.17, 15) is 8.42 Å². The highest BCUT2D eigenvalue weighted by Gasteiger charge is 2.21. The molecule has 0 aliphatic heterocycles. The molecule has 1 aromatic carbocycles. The summed E-state index contributed by atoms with van der Waals surface area (Å²) in [5.41, 5.74) is 3.35. The molecule has 0 saturated heterocycles. The van der Waals surface area contributed by atoms with Crippen LogP contribution in [0.3, 0.4) is 0 Å². The highest BCUT2D eigenvalue weighted by Crippen LogP contribution is 2.25. The number of thiophene rings is 1. The molecule has 0 aliphatic rings. The molecule has 0 amide bonds. The maximum absolute atomic E-state index is 12.0. The third-order valence-electron chi connectivity index (χ3n) is 3.50. The van der Waals surface area contributed by atoms with Crippen LogP contribution in [-0.4, -0.2) is 13.7 Å². The van der Waals surface area contributed by atoms with Crippen molar-refractivity contribution in [2.75, 3.05) is 0 Å². The minimum Gasteiger partial charge on any atom is -0.212 e. The molecule has 1 heterocycles. The van der Waals surface area contributed by atoms with Crippen molar-refractivity contribution in [1.82, 2.24) is 4.72 Å². The first-order chi connectivity index (χ1) is 9.94. The minimum atomic E-state index is -3.26. The second-order valence-corrected chi connectivity index (χ2v) is 8.36. The van der Waals surface area contributed by atoms with Gasteiger partial charge in [0.05, 0.1) is 5.25 Å². The molecule has 0 aliphatic carbocycles. The molecule has 1 unspecified atom stereocenters. The first-order valence-electron chi connectivity index (χ1n) is 7.07. The Hall–Kier alpha value is -1.17. The zero-order valence-corrected chi connectivity index (χ0v) is 14.2. The fourth-order valence-electron chi connectivity index (χ4n) is 2.06. The SMILES string of the molecule is CCC(NS(=O)(=O)C(C)C)c1ccc(-c2ccsc2)cc1. The van der Waals surface area contributed by atoms with Crippen LogP contribution in [0.15, 0.2) is 41.1 Å². The summed E-state index contributed by atoms with van der Waals surface area (Å²) in [6.07, 6.45) is 0.726. The maximum atomic E-state index is 12.0. The molecule has 114 valence electrons. The van der Waals surface area contributed by atoms with E-state index in [1.807, 2.05) is 31.2 Å².